The van der Waals surface area contributed by atoms with E-state index >= 15 is 0 Å². The molecule has 76 valence electrons. The average molecular weight is 368 g/mol. The first-order valence-electron chi connectivity index (χ1n) is 4.25. The van der Waals surface area contributed by atoms with E-state index in [4.69, 9.17) is 0 Å². The van der Waals surface area contributed by atoms with E-state index in [1.807, 2.05) is 25.1 Å². The Kier molecular flexibility index (Phi) is 4.88. The van der Waals surface area contributed by atoms with Crippen molar-refractivity contribution in [2.24, 2.45) is 0 Å². The molecule has 4 heteroatoms. The largest absolute Gasteiger partial charge is 0.351 e. The van der Waals surface area contributed by atoms with Gasteiger partial charge in [0.25, 0.3) is 5.91 Å². The molecule has 0 radical (unpaired) electrons. The lowest BCUT2D eigenvalue weighted by molar-refractivity contribution is 0.0956. The highest BCUT2D eigenvalue weighted by molar-refractivity contribution is 14.1. The maximum Gasteiger partial charge on any atom is 0.251 e. The predicted octanol–water partition coefficient (Wildman–Crippen LogP) is 2.92. The molecular weight excluding hydrogens is 357 g/mol. The molecule has 1 aromatic carbocycles. The second-order valence-electron chi connectivity index (χ2n) is 2.91. The Morgan fingerprint density at radius 3 is 2.86 bits per heavy atom. The summed E-state index contributed by atoms with van der Waals surface area (Å²) in [6, 6.07) is 5.61. The fraction of sp³-hybridized carbons (Fsp3) is 0.300. The van der Waals surface area contributed by atoms with Crippen molar-refractivity contribution < 1.29 is 4.79 Å². The average Bonchev–Trinajstić information content (AvgIpc) is 2.18. The van der Waals surface area contributed by atoms with Gasteiger partial charge in [0.15, 0.2) is 0 Å². The van der Waals surface area contributed by atoms with E-state index in [-0.39, 0.29) is 5.91 Å². The molecule has 0 spiro atoms. The van der Waals surface area contributed by atoms with Crippen molar-refractivity contribution in [1.82, 2.24) is 5.32 Å². The van der Waals surface area contributed by atoms with Crippen LogP contribution in [0, 0.1) is 6.92 Å². The van der Waals surface area contributed by atoms with Gasteiger partial charge in [0.1, 0.15) is 0 Å². The number of benzene rings is 1. The molecule has 0 aliphatic heterocycles. The van der Waals surface area contributed by atoms with Crippen LogP contribution in [0.25, 0.3) is 0 Å². The van der Waals surface area contributed by atoms with Gasteiger partial charge in [0.05, 0.1) is 0 Å². The molecule has 2 nitrogen and oxygen atoms in total. The van der Waals surface area contributed by atoms with Gasteiger partial charge in [0, 0.05) is 21.0 Å². The number of amides is 1. The topological polar surface area (TPSA) is 29.1 Å². The number of hydrogen-bond acceptors (Lipinski definition) is 1. The zero-order chi connectivity index (χ0) is 10.6. The molecule has 0 aromatic heterocycles. The van der Waals surface area contributed by atoms with Gasteiger partial charge >= 0.3 is 0 Å². The Labute approximate surface area is 106 Å². The molecule has 0 saturated carbocycles. The van der Waals surface area contributed by atoms with Crippen molar-refractivity contribution in [1.29, 1.82) is 0 Å². The summed E-state index contributed by atoms with van der Waals surface area (Å²) in [6.45, 7) is 2.71. The standard InChI is InChI=1S/C10H11BrINO/c1-7-2-3-8(6-9(7)11)10(14)13-5-4-12/h2-3,6H,4-5H2,1H3,(H,13,14). The van der Waals surface area contributed by atoms with Crippen molar-refractivity contribution in [3.05, 3.63) is 33.8 Å². The number of nitrogens with one attached hydrogen (secondary N) is 1. The number of rotatable bonds is 3. The van der Waals surface area contributed by atoms with Crippen molar-refractivity contribution in [3.8, 4) is 0 Å². The molecule has 0 aliphatic carbocycles. The molecule has 1 amide bonds. The Morgan fingerprint density at radius 1 is 1.57 bits per heavy atom. The second kappa shape index (κ2) is 5.70. The van der Waals surface area contributed by atoms with Gasteiger partial charge in [-0.3, -0.25) is 4.79 Å². The first-order valence-corrected chi connectivity index (χ1v) is 6.57. The molecule has 0 saturated heterocycles. The molecule has 0 unspecified atom stereocenters. The molecule has 14 heavy (non-hydrogen) atoms. The second-order valence-corrected chi connectivity index (χ2v) is 4.84. The van der Waals surface area contributed by atoms with E-state index in [0.717, 1.165) is 14.5 Å². The maximum atomic E-state index is 11.5. The molecule has 0 heterocycles. The van der Waals surface area contributed by atoms with Gasteiger partial charge in [-0.05, 0) is 24.6 Å². The Hall–Kier alpha value is -0.100. The van der Waals surface area contributed by atoms with E-state index in [1.54, 1.807) is 0 Å². The Morgan fingerprint density at radius 2 is 2.29 bits per heavy atom. The van der Waals surface area contributed by atoms with Crippen molar-refractivity contribution in [2.45, 2.75) is 6.92 Å². The number of carbonyl (C=O) groups is 1. The first kappa shape index (κ1) is 12.0. The lowest BCUT2D eigenvalue weighted by Crippen LogP contribution is -2.25. The molecular formula is C10H11BrINO. The molecule has 0 fully saturated rings. The van der Waals surface area contributed by atoms with Crippen LogP contribution in [0.15, 0.2) is 22.7 Å². The summed E-state index contributed by atoms with van der Waals surface area (Å²) in [4.78, 5) is 11.5. The number of alkyl halides is 1. The summed E-state index contributed by atoms with van der Waals surface area (Å²) in [5.41, 5.74) is 1.84. The van der Waals surface area contributed by atoms with E-state index in [1.165, 1.54) is 0 Å². The monoisotopic (exact) mass is 367 g/mol. The number of aryl methyl sites for hydroxylation is 1. The Balaban J connectivity index is 2.76. The third-order valence-electron chi connectivity index (χ3n) is 1.81. The fourth-order valence-corrected chi connectivity index (χ4v) is 1.65. The molecule has 1 rings (SSSR count). The number of carbonyl (C=O) groups excluding carboxylic acids is 1. The highest BCUT2D eigenvalue weighted by Gasteiger charge is 2.05. The van der Waals surface area contributed by atoms with Crippen LogP contribution in [0.1, 0.15) is 15.9 Å². The minimum absolute atomic E-state index is 0.0117. The molecule has 0 aliphatic rings. The third-order valence-corrected chi connectivity index (χ3v) is 3.21. The number of halogens is 2. The zero-order valence-electron chi connectivity index (χ0n) is 7.81. The van der Waals surface area contributed by atoms with Crippen LogP contribution in [0.5, 0.6) is 0 Å². The number of hydrogen-bond donors (Lipinski definition) is 1. The molecule has 1 N–H and O–H groups in total. The van der Waals surface area contributed by atoms with Crippen LogP contribution < -0.4 is 5.32 Å². The highest BCUT2D eigenvalue weighted by atomic mass is 127. The zero-order valence-corrected chi connectivity index (χ0v) is 11.6. The van der Waals surface area contributed by atoms with Crippen molar-refractivity contribution in [2.75, 3.05) is 11.0 Å². The Bertz CT molecular complexity index is 341. The third kappa shape index (κ3) is 3.24. The van der Waals surface area contributed by atoms with Gasteiger partial charge in [0.2, 0.25) is 0 Å². The fourth-order valence-electron chi connectivity index (χ4n) is 0.997. The minimum Gasteiger partial charge on any atom is -0.351 e. The normalized spacial score (nSPS) is 9.93. The van der Waals surface area contributed by atoms with Crippen molar-refractivity contribution >= 4 is 44.4 Å². The van der Waals surface area contributed by atoms with Gasteiger partial charge in [-0.2, -0.15) is 0 Å². The molecule has 0 bridgehead atoms. The van der Waals surface area contributed by atoms with Gasteiger partial charge in [-0.15, -0.1) is 0 Å². The highest BCUT2D eigenvalue weighted by Crippen LogP contribution is 2.17. The van der Waals surface area contributed by atoms with Gasteiger partial charge in [-0.25, -0.2) is 0 Å². The van der Waals surface area contributed by atoms with Crippen LogP contribution in [-0.4, -0.2) is 16.9 Å². The summed E-state index contributed by atoms with van der Waals surface area (Å²) >= 11 is 5.63. The van der Waals surface area contributed by atoms with E-state index in [9.17, 15) is 4.79 Å². The molecule has 1 aromatic rings. The molecule has 0 atom stereocenters. The summed E-state index contributed by atoms with van der Waals surface area (Å²) < 4.78 is 1.90. The maximum absolute atomic E-state index is 11.5. The van der Waals surface area contributed by atoms with E-state index < -0.39 is 0 Å². The first-order chi connectivity index (χ1) is 6.65. The summed E-state index contributed by atoms with van der Waals surface area (Å²) in [5, 5.41) is 2.83. The lowest BCUT2D eigenvalue weighted by Gasteiger charge is -2.04. The van der Waals surface area contributed by atoms with Crippen LogP contribution in [0.3, 0.4) is 0 Å². The summed E-state index contributed by atoms with van der Waals surface area (Å²) in [5.74, 6) is -0.0117. The predicted molar refractivity (Wildman–Crippen MR) is 70.1 cm³/mol. The smallest absolute Gasteiger partial charge is 0.251 e. The van der Waals surface area contributed by atoms with E-state index in [0.29, 0.717) is 12.1 Å². The van der Waals surface area contributed by atoms with Gasteiger partial charge < -0.3 is 5.32 Å². The minimum atomic E-state index is -0.0117. The van der Waals surface area contributed by atoms with Crippen LogP contribution in [0.2, 0.25) is 0 Å². The van der Waals surface area contributed by atoms with E-state index in [2.05, 4.69) is 43.8 Å². The quantitative estimate of drug-likeness (QED) is 0.646. The van der Waals surface area contributed by atoms with Crippen LogP contribution in [0.4, 0.5) is 0 Å². The van der Waals surface area contributed by atoms with Gasteiger partial charge in [-0.1, -0.05) is 44.6 Å². The van der Waals surface area contributed by atoms with Crippen LogP contribution in [-0.2, 0) is 0 Å². The SMILES string of the molecule is Cc1ccc(C(=O)NCCI)cc1Br. The van der Waals surface area contributed by atoms with Crippen molar-refractivity contribution in [3.63, 3.8) is 0 Å². The lowest BCUT2D eigenvalue weighted by atomic mass is 10.1. The summed E-state index contributed by atoms with van der Waals surface area (Å²) in [7, 11) is 0. The summed E-state index contributed by atoms with van der Waals surface area (Å²) in [6.07, 6.45) is 0. The van der Waals surface area contributed by atoms with Crippen LogP contribution >= 0.6 is 38.5 Å².